The van der Waals surface area contributed by atoms with Gasteiger partial charge in [-0.2, -0.15) is 9.78 Å². The van der Waals surface area contributed by atoms with Crippen LogP contribution in [0.25, 0.3) is 27.4 Å². The van der Waals surface area contributed by atoms with E-state index in [4.69, 9.17) is 9.15 Å². The lowest BCUT2D eigenvalue weighted by Crippen LogP contribution is -2.24. The number of aromatic nitrogens is 6. The number of nitrogens with zero attached hydrogens (tertiary/aromatic N) is 6. The van der Waals surface area contributed by atoms with Crippen molar-refractivity contribution < 1.29 is 9.15 Å². The van der Waals surface area contributed by atoms with E-state index in [1.807, 2.05) is 36.4 Å². The van der Waals surface area contributed by atoms with Crippen LogP contribution in [0.5, 0.6) is 5.75 Å². The van der Waals surface area contributed by atoms with E-state index in [1.165, 1.54) is 21.6 Å². The fraction of sp³-hybridized carbons (Fsp3) is 0.115. The molecule has 0 saturated carbocycles. The molecule has 0 bridgehead atoms. The second-order valence-electron chi connectivity index (χ2n) is 8.31. The number of methoxy groups -OCH3 is 1. The standard InChI is InChI=1S/C26H20N6O4/c1-35-21-9-7-20(8-10-21)32-26(34)30(16-27-32)14-19-15-31(29-28-19)13-18-12-24(33)36-23-11-6-17-4-2-3-5-22(17)25(18)23/h2-12,15-16H,13-14H2,1H3. The van der Waals surface area contributed by atoms with Gasteiger partial charge in [0.25, 0.3) is 0 Å². The predicted molar refractivity (Wildman–Crippen MR) is 133 cm³/mol. The van der Waals surface area contributed by atoms with Gasteiger partial charge in [-0.15, -0.1) is 5.10 Å². The fourth-order valence-corrected chi connectivity index (χ4v) is 4.33. The van der Waals surface area contributed by atoms with E-state index in [-0.39, 0.29) is 12.2 Å². The van der Waals surface area contributed by atoms with Gasteiger partial charge in [0.2, 0.25) is 0 Å². The molecule has 0 aliphatic heterocycles. The zero-order valence-electron chi connectivity index (χ0n) is 19.2. The number of rotatable bonds is 6. The molecule has 0 atom stereocenters. The van der Waals surface area contributed by atoms with Gasteiger partial charge in [0.05, 0.1) is 32.1 Å². The number of hydrogen-bond donors (Lipinski definition) is 0. The van der Waals surface area contributed by atoms with E-state index in [2.05, 4.69) is 15.4 Å². The van der Waals surface area contributed by atoms with Gasteiger partial charge in [-0.05, 0) is 46.7 Å². The summed E-state index contributed by atoms with van der Waals surface area (Å²) < 4.78 is 15.0. The van der Waals surface area contributed by atoms with Gasteiger partial charge >= 0.3 is 11.3 Å². The summed E-state index contributed by atoms with van der Waals surface area (Å²) in [6.45, 7) is 0.526. The molecule has 3 heterocycles. The molecule has 6 rings (SSSR count). The molecule has 3 aromatic heterocycles. The third-order valence-corrected chi connectivity index (χ3v) is 6.02. The van der Waals surface area contributed by atoms with Crippen LogP contribution >= 0.6 is 0 Å². The average molecular weight is 480 g/mol. The van der Waals surface area contributed by atoms with Gasteiger partial charge in [-0.25, -0.2) is 14.3 Å². The number of ether oxygens (including phenoxy) is 1. The van der Waals surface area contributed by atoms with Crippen molar-refractivity contribution in [2.45, 2.75) is 13.1 Å². The molecule has 0 aliphatic rings. The second-order valence-corrected chi connectivity index (χ2v) is 8.31. The first kappa shape index (κ1) is 21.5. The lowest BCUT2D eigenvalue weighted by Gasteiger charge is -2.08. The van der Waals surface area contributed by atoms with Gasteiger partial charge < -0.3 is 9.15 Å². The monoisotopic (exact) mass is 480 g/mol. The highest BCUT2D eigenvalue weighted by Gasteiger charge is 2.13. The van der Waals surface area contributed by atoms with Gasteiger partial charge in [0, 0.05) is 11.5 Å². The largest absolute Gasteiger partial charge is 0.497 e. The van der Waals surface area contributed by atoms with Crippen LogP contribution in [0.15, 0.2) is 93.3 Å². The molecule has 36 heavy (non-hydrogen) atoms. The third kappa shape index (κ3) is 3.84. The molecule has 0 amide bonds. The summed E-state index contributed by atoms with van der Waals surface area (Å²) in [7, 11) is 1.58. The maximum atomic E-state index is 12.9. The molecule has 0 radical (unpaired) electrons. The van der Waals surface area contributed by atoms with Crippen molar-refractivity contribution >= 4 is 21.7 Å². The van der Waals surface area contributed by atoms with Crippen LogP contribution < -0.4 is 16.1 Å². The van der Waals surface area contributed by atoms with Crippen LogP contribution in [0.4, 0.5) is 0 Å². The molecule has 3 aromatic carbocycles. The Balaban J connectivity index is 1.29. The van der Waals surface area contributed by atoms with E-state index in [9.17, 15) is 9.59 Å². The van der Waals surface area contributed by atoms with Gasteiger partial charge in [0.1, 0.15) is 23.4 Å². The molecule has 0 aliphatic carbocycles. The maximum absolute atomic E-state index is 12.9. The minimum absolute atomic E-state index is 0.204. The predicted octanol–water partition coefficient (Wildman–Crippen LogP) is 2.99. The Morgan fingerprint density at radius 3 is 2.64 bits per heavy atom. The van der Waals surface area contributed by atoms with Gasteiger partial charge in [0.15, 0.2) is 0 Å². The molecule has 10 nitrogen and oxygen atoms in total. The molecule has 0 unspecified atom stereocenters. The first-order chi connectivity index (χ1) is 17.6. The molecule has 0 fully saturated rings. The summed E-state index contributed by atoms with van der Waals surface area (Å²) >= 11 is 0. The normalized spacial score (nSPS) is 11.4. The van der Waals surface area contributed by atoms with Crippen molar-refractivity contribution in [2.75, 3.05) is 7.11 Å². The molecular formula is C26H20N6O4. The fourth-order valence-electron chi connectivity index (χ4n) is 4.33. The van der Waals surface area contributed by atoms with Crippen molar-refractivity contribution in [2.24, 2.45) is 0 Å². The van der Waals surface area contributed by atoms with E-state index in [1.54, 1.807) is 42.3 Å². The Labute approximate surface area is 203 Å². The Hall–Kier alpha value is -4.99. The summed E-state index contributed by atoms with van der Waals surface area (Å²) in [5.41, 5.74) is 1.79. The van der Waals surface area contributed by atoms with Gasteiger partial charge in [-0.1, -0.05) is 35.5 Å². The number of hydrogen-bond acceptors (Lipinski definition) is 7. The van der Waals surface area contributed by atoms with Crippen LogP contribution in [-0.2, 0) is 13.1 Å². The lowest BCUT2D eigenvalue weighted by atomic mass is 10.0. The quantitative estimate of drug-likeness (QED) is 0.266. The molecule has 178 valence electrons. The van der Waals surface area contributed by atoms with Crippen LogP contribution in [0, 0.1) is 0 Å². The average Bonchev–Trinajstić information content (AvgIpc) is 3.49. The first-order valence-electron chi connectivity index (χ1n) is 11.2. The number of benzene rings is 3. The highest BCUT2D eigenvalue weighted by atomic mass is 16.5. The SMILES string of the molecule is COc1ccc(-n2ncn(Cc3cn(Cc4cc(=O)oc5ccc6ccccc6c45)nn3)c2=O)cc1. The molecule has 10 heteroatoms. The molecule has 0 N–H and O–H groups in total. The van der Waals surface area contributed by atoms with Crippen molar-refractivity contribution in [1.29, 1.82) is 0 Å². The Kier molecular flexibility index (Phi) is 5.18. The summed E-state index contributed by atoms with van der Waals surface area (Å²) in [4.78, 5) is 25.1. The van der Waals surface area contributed by atoms with Crippen LogP contribution in [0.1, 0.15) is 11.3 Å². The van der Waals surface area contributed by atoms with Crippen molar-refractivity contribution in [3.63, 3.8) is 0 Å². The zero-order chi connectivity index (χ0) is 24.6. The second kappa shape index (κ2) is 8.66. The highest BCUT2D eigenvalue weighted by Crippen LogP contribution is 2.27. The topological polar surface area (TPSA) is 110 Å². The third-order valence-electron chi connectivity index (χ3n) is 6.02. The zero-order valence-corrected chi connectivity index (χ0v) is 19.2. The van der Waals surface area contributed by atoms with E-state index in [0.717, 1.165) is 21.7 Å². The molecular weight excluding hydrogens is 460 g/mol. The van der Waals surface area contributed by atoms with Crippen molar-refractivity contribution in [1.82, 2.24) is 29.3 Å². The summed E-state index contributed by atoms with van der Waals surface area (Å²) in [5, 5.41) is 15.5. The number of fused-ring (bicyclic) bond motifs is 3. The minimum Gasteiger partial charge on any atom is -0.497 e. The summed E-state index contributed by atoms with van der Waals surface area (Å²) in [6.07, 6.45) is 3.22. The summed E-state index contributed by atoms with van der Waals surface area (Å²) in [5.74, 6) is 0.694. The highest BCUT2D eigenvalue weighted by molar-refractivity contribution is 6.07. The van der Waals surface area contributed by atoms with E-state index < -0.39 is 5.63 Å². The molecule has 6 aromatic rings. The molecule has 0 saturated heterocycles. The Morgan fingerprint density at radius 1 is 0.972 bits per heavy atom. The first-order valence-corrected chi connectivity index (χ1v) is 11.2. The van der Waals surface area contributed by atoms with Crippen LogP contribution in [-0.4, -0.2) is 36.5 Å². The minimum atomic E-state index is -0.425. The van der Waals surface area contributed by atoms with Gasteiger partial charge in [-0.3, -0.25) is 4.57 Å². The maximum Gasteiger partial charge on any atom is 0.350 e. The smallest absolute Gasteiger partial charge is 0.350 e. The Morgan fingerprint density at radius 2 is 1.81 bits per heavy atom. The van der Waals surface area contributed by atoms with E-state index >= 15 is 0 Å². The summed E-state index contributed by atoms with van der Waals surface area (Å²) in [6, 6.07) is 20.2. The Bertz CT molecular complexity index is 1830. The van der Waals surface area contributed by atoms with Crippen LogP contribution in [0.2, 0.25) is 0 Å². The van der Waals surface area contributed by atoms with Crippen LogP contribution in [0.3, 0.4) is 0 Å². The van der Waals surface area contributed by atoms with E-state index in [0.29, 0.717) is 29.3 Å². The molecule has 0 spiro atoms. The van der Waals surface area contributed by atoms with Crippen molar-refractivity contribution in [3.8, 4) is 11.4 Å². The lowest BCUT2D eigenvalue weighted by molar-refractivity contribution is 0.414. The van der Waals surface area contributed by atoms with Crippen molar-refractivity contribution in [3.05, 3.63) is 111 Å².